The summed E-state index contributed by atoms with van der Waals surface area (Å²) in [6.45, 7) is 0. The molecule has 3 aromatic rings. The fourth-order valence-corrected chi connectivity index (χ4v) is 2.14. The van der Waals surface area contributed by atoms with Gasteiger partial charge in [-0.2, -0.15) is 0 Å². The van der Waals surface area contributed by atoms with Crippen LogP contribution in [0, 0.1) is 0 Å². The smallest absolute Gasteiger partial charge is 0.260 e. The summed E-state index contributed by atoms with van der Waals surface area (Å²) in [4.78, 5) is 12.1. The van der Waals surface area contributed by atoms with Crippen molar-refractivity contribution < 1.29 is 9.21 Å². The van der Waals surface area contributed by atoms with E-state index in [0.29, 0.717) is 17.1 Å². The Morgan fingerprint density at radius 1 is 1.38 bits per heavy atom. The molecule has 0 radical (unpaired) electrons. The second-order valence-electron chi connectivity index (χ2n) is 4.41. The fraction of sp³-hybridized carbons (Fsp3) is 0.0714. The zero-order chi connectivity index (χ0) is 14.8. The van der Waals surface area contributed by atoms with Crippen LogP contribution in [0.15, 0.2) is 47.3 Å². The van der Waals surface area contributed by atoms with Crippen LogP contribution in [0.3, 0.4) is 0 Å². The molecule has 2 heterocycles. The van der Waals surface area contributed by atoms with Gasteiger partial charge >= 0.3 is 0 Å². The minimum atomic E-state index is -0.330. The molecule has 0 unspecified atom stereocenters. The van der Waals surface area contributed by atoms with Gasteiger partial charge in [-0.15, -0.1) is 10.2 Å². The molecular formula is C14H11ClN4O2. The number of nitrogens with zero attached hydrogens (tertiary/aromatic N) is 3. The van der Waals surface area contributed by atoms with E-state index in [9.17, 15) is 4.79 Å². The van der Waals surface area contributed by atoms with Gasteiger partial charge in [0, 0.05) is 18.3 Å². The van der Waals surface area contributed by atoms with E-state index >= 15 is 0 Å². The van der Waals surface area contributed by atoms with E-state index in [4.69, 9.17) is 16.0 Å². The van der Waals surface area contributed by atoms with Gasteiger partial charge in [0.25, 0.3) is 5.91 Å². The van der Waals surface area contributed by atoms with Crippen LogP contribution in [0.2, 0.25) is 5.22 Å². The summed E-state index contributed by atoms with van der Waals surface area (Å²) in [5.41, 5.74) is 1.78. The number of aryl methyl sites for hydroxylation is 1. The minimum Gasteiger partial charge on any atom is -0.452 e. The third-order valence-electron chi connectivity index (χ3n) is 2.95. The molecule has 0 aliphatic carbocycles. The van der Waals surface area contributed by atoms with Crippen molar-refractivity contribution in [1.82, 2.24) is 14.8 Å². The zero-order valence-electron chi connectivity index (χ0n) is 11.1. The lowest BCUT2D eigenvalue weighted by Gasteiger charge is -2.06. The van der Waals surface area contributed by atoms with E-state index in [1.54, 1.807) is 17.0 Å². The predicted octanol–water partition coefficient (Wildman–Crippen LogP) is 2.98. The van der Waals surface area contributed by atoms with Gasteiger partial charge in [-0.1, -0.05) is 12.1 Å². The van der Waals surface area contributed by atoms with Crippen LogP contribution >= 0.6 is 11.6 Å². The van der Waals surface area contributed by atoms with Gasteiger partial charge in [0.15, 0.2) is 5.82 Å². The molecule has 0 aliphatic heterocycles. The number of amides is 1. The summed E-state index contributed by atoms with van der Waals surface area (Å²) in [5, 5.41) is 10.7. The number of anilines is 1. The number of carbonyl (C=O) groups excluding carboxylic acids is 1. The molecule has 0 bridgehead atoms. The number of halogens is 1. The summed E-state index contributed by atoms with van der Waals surface area (Å²) in [5.74, 6) is 0.385. The number of aromatic nitrogens is 3. The largest absolute Gasteiger partial charge is 0.452 e. The molecule has 0 saturated heterocycles. The number of nitrogens with one attached hydrogen (secondary N) is 1. The standard InChI is InChI=1S/C14H11ClN4O2/c1-19-8-16-18-13(19)9-3-2-4-10(7-9)17-14(20)11-5-6-21-12(11)15/h2-8H,1H3,(H,17,20). The Morgan fingerprint density at radius 3 is 2.90 bits per heavy atom. The van der Waals surface area contributed by atoms with Crippen LogP contribution in [0.4, 0.5) is 5.69 Å². The molecule has 6 nitrogen and oxygen atoms in total. The highest BCUT2D eigenvalue weighted by Crippen LogP contribution is 2.22. The summed E-state index contributed by atoms with van der Waals surface area (Å²) >= 11 is 5.79. The van der Waals surface area contributed by atoms with Crippen LogP contribution < -0.4 is 5.32 Å². The third-order valence-corrected chi connectivity index (χ3v) is 3.25. The van der Waals surface area contributed by atoms with Crippen LogP contribution in [0.5, 0.6) is 0 Å². The van der Waals surface area contributed by atoms with Gasteiger partial charge in [0.1, 0.15) is 6.33 Å². The molecule has 1 amide bonds. The van der Waals surface area contributed by atoms with E-state index in [0.717, 1.165) is 5.56 Å². The van der Waals surface area contributed by atoms with E-state index in [1.807, 2.05) is 25.2 Å². The molecule has 3 rings (SSSR count). The Kier molecular flexibility index (Phi) is 3.45. The minimum absolute atomic E-state index is 0.0666. The topological polar surface area (TPSA) is 73.0 Å². The van der Waals surface area contributed by atoms with Crippen molar-refractivity contribution in [1.29, 1.82) is 0 Å². The lowest BCUT2D eigenvalue weighted by atomic mass is 10.2. The Morgan fingerprint density at radius 2 is 2.24 bits per heavy atom. The summed E-state index contributed by atoms with van der Waals surface area (Å²) < 4.78 is 6.70. The Labute approximate surface area is 125 Å². The zero-order valence-corrected chi connectivity index (χ0v) is 11.8. The van der Waals surface area contributed by atoms with Gasteiger partial charge in [0.2, 0.25) is 5.22 Å². The lowest BCUT2D eigenvalue weighted by molar-refractivity contribution is 0.102. The number of hydrogen-bond acceptors (Lipinski definition) is 4. The Balaban J connectivity index is 1.86. The van der Waals surface area contributed by atoms with Crippen molar-refractivity contribution in [3.05, 3.63) is 53.7 Å². The number of benzene rings is 1. The number of furan rings is 1. The number of hydrogen-bond donors (Lipinski definition) is 1. The van der Waals surface area contributed by atoms with E-state index in [1.165, 1.54) is 12.3 Å². The average molecular weight is 303 g/mol. The summed E-state index contributed by atoms with van der Waals surface area (Å²) in [6, 6.07) is 8.84. The van der Waals surface area contributed by atoms with Crippen molar-refractivity contribution in [3.63, 3.8) is 0 Å². The van der Waals surface area contributed by atoms with Gasteiger partial charge in [-0.3, -0.25) is 4.79 Å². The SMILES string of the molecule is Cn1cnnc1-c1cccc(NC(=O)c2ccoc2Cl)c1. The molecule has 7 heteroatoms. The average Bonchev–Trinajstić information content (AvgIpc) is 3.07. The first-order valence-electron chi connectivity index (χ1n) is 6.14. The van der Waals surface area contributed by atoms with E-state index in [2.05, 4.69) is 15.5 Å². The second kappa shape index (κ2) is 5.41. The molecule has 0 aliphatic rings. The number of rotatable bonds is 3. The maximum Gasteiger partial charge on any atom is 0.260 e. The molecule has 0 spiro atoms. The maximum atomic E-state index is 12.1. The molecule has 0 saturated carbocycles. The van der Waals surface area contributed by atoms with Gasteiger partial charge in [-0.25, -0.2) is 0 Å². The normalized spacial score (nSPS) is 10.6. The predicted molar refractivity (Wildman–Crippen MR) is 78.1 cm³/mol. The quantitative estimate of drug-likeness (QED) is 0.807. The molecule has 21 heavy (non-hydrogen) atoms. The highest BCUT2D eigenvalue weighted by atomic mass is 35.5. The number of carbonyl (C=O) groups is 1. The van der Waals surface area contributed by atoms with Crippen molar-refractivity contribution in [2.75, 3.05) is 5.32 Å². The molecule has 0 fully saturated rings. The fourth-order valence-electron chi connectivity index (χ4n) is 1.93. The van der Waals surface area contributed by atoms with Gasteiger partial charge in [0.05, 0.1) is 11.8 Å². The monoisotopic (exact) mass is 302 g/mol. The Hall–Kier alpha value is -2.60. The Bertz CT molecular complexity index is 794. The van der Waals surface area contributed by atoms with Crippen LogP contribution in [0.25, 0.3) is 11.4 Å². The first kappa shape index (κ1) is 13.4. The van der Waals surface area contributed by atoms with Crippen molar-refractivity contribution in [2.24, 2.45) is 7.05 Å². The van der Waals surface area contributed by atoms with Crippen molar-refractivity contribution in [3.8, 4) is 11.4 Å². The lowest BCUT2D eigenvalue weighted by Crippen LogP contribution is -2.11. The highest BCUT2D eigenvalue weighted by Gasteiger charge is 2.13. The molecule has 106 valence electrons. The summed E-state index contributed by atoms with van der Waals surface area (Å²) in [6.07, 6.45) is 2.99. The van der Waals surface area contributed by atoms with Gasteiger partial charge < -0.3 is 14.3 Å². The first-order valence-corrected chi connectivity index (χ1v) is 6.52. The van der Waals surface area contributed by atoms with Crippen molar-refractivity contribution in [2.45, 2.75) is 0 Å². The van der Waals surface area contributed by atoms with E-state index < -0.39 is 0 Å². The molecule has 1 N–H and O–H groups in total. The molecule has 2 aromatic heterocycles. The molecule has 0 atom stereocenters. The highest BCUT2D eigenvalue weighted by molar-refractivity contribution is 6.32. The second-order valence-corrected chi connectivity index (χ2v) is 4.75. The van der Waals surface area contributed by atoms with Crippen molar-refractivity contribution >= 4 is 23.2 Å². The molecule has 1 aromatic carbocycles. The first-order chi connectivity index (χ1) is 10.1. The summed E-state index contributed by atoms with van der Waals surface area (Å²) in [7, 11) is 1.85. The van der Waals surface area contributed by atoms with Crippen LogP contribution in [-0.2, 0) is 7.05 Å². The van der Waals surface area contributed by atoms with E-state index in [-0.39, 0.29) is 11.1 Å². The molecular weight excluding hydrogens is 292 g/mol. The van der Waals surface area contributed by atoms with Gasteiger partial charge in [-0.05, 0) is 29.8 Å². The maximum absolute atomic E-state index is 12.1. The van der Waals surface area contributed by atoms with Crippen LogP contribution in [0.1, 0.15) is 10.4 Å². The third kappa shape index (κ3) is 2.66. The van der Waals surface area contributed by atoms with Crippen LogP contribution in [-0.4, -0.2) is 20.7 Å².